The van der Waals surface area contributed by atoms with Crippen LogP contribution in [0.1, 0.15) is 33.1 Å². The highest BCUT2D eigenvalue weighted by atomic mass is 14.7. The van der Waals surface area contributed by atoms with Gasteiger partial charge in [0.05, 0.1) is 25.3 Å². The van der Waals surface area contributed by atoms with Crippen molar-refractivity contribution >= 4 is 0 Å². The molecule has 2 unspecified atom stereocenters. The fraction of sp³-hybridized carbons (Fsp3) is 0.467. The van der Waals surface area contributed by atoms with Crippen molar-refractivity contribution in [1.82, 2.24) is 0 Å². The smallest absolute Gasteiger partial charge is 0.226 e. The van der Waals surface area contributed by atoms with Crippen LogP contribution in [0.2, 0.25) is 0 Å². The Balaban J connectivity index is 3.50. The summed E-state index contributed by atoms with van der Waals surface area (Å²) in [5.41, 5.74) is 1.09. The fourth-order valence-electron chi connectivity index (χ4n) is 2.67. The molecule has 0 heterocycles. The lowest BCUT2D eigenvalue weighted by molar-refractivity contribution is 0.482. The molecule has 0 aromatic carbocycles. The lowest BCUT2D eigenvalue weighted by Gasteiger charge is -2.21. The molecule has 1 aliphatic carbocycles. The topological polar surface area (TPSA) is 56.3 Å². The molecule has 1 rings (SSSR count). The molecular formula is C15H14N4. The molecule has 4 heteroatoms. The Kier molecular flexibility index (Phi) is 4.88. The molecule has 0 bridgehead atoms. The highest BCUT2D eigenvalue weighted by Crippen LogP contribution is 2.41. The lowest BCUT2D eigenvalue weighted by atomic mass is 9.84. The number of hydrogen-bond donors (Lipinski definition) is 0. The normalized spacial score (nSPS) is 24.1. The van der Waals surface area contributed by atoms with Crippen molar-refractivity contribution in [1.29, 1.82) is 10.5 Å². The summed E-state index contributed by atoms with van der Waals surface area (Å²) < 4.78 is 0. The Morgan fingerprint density at radius 1 is 1.11 bits per heavy atom. The van der Waals surface area contributed by atoms with Crippen molar-refractivity contribution in [2.75, 3.05) is 0 Å². The zero-order valence-corrected chi connectivity index (χ0v) is 11.1. The maximum atomic E-state index is 9.11. The van der Waals surface area contributed by atoms with Gasteiger partial charge in [0.1, 0.15) is 0 Å². The van der Waals surface area contributed by atoms with Crippen LogP contribution < -0.4 is 0 Å². The molecule has 94 valence electrons. The second-order valence-electron chi connectivity index (χ2n) is 4.70. The van der Waals surface area contributed by atoms with Gasteiger partial charge in [0, 0.05) is 0 Å². The van der Waals surface area contributed by atoms with Crippen molar-refractivity contribution in [3.05, 3.63) is 45.4 Å². The predicted octanol–water partition coefficient (Wildman–Crippen LogP) is 3.84. The van der Waals surface area contributed by atoms with Crippen LogP contribution in [0.5, 0.6) is 0 Å². The van der Waals surface area contributed by atoms with E-state index < -0.39 is 0 Å². The third-order valence-corrected chi connectivity index (χ3v) is 3.68. The Labute approximate surface area is 113 Å². The van der Waals surface area contributed by atoms with E-state index in [0.717, 1.165) is 19.3 Å². The van der Waals surface area contributed by atoms with E-state index in [1.54, 1.807) is 6.92 Å². The third kappa shape index (κ3) is 2.82. The summed E-state index contributed by atoms with van der Waals surface area (Å²) in [5.74, 6) is 0.481. The van der Waals surface area contributed by atoms with E-state index in [2.05, 4.69) is 16.6 Å². The summed E-state index contributed by atoms with van der Waals surface area (Å²) >= 11 is 0. The monoisotopic (exact) mass is 250 g/mol. The maximum absolute atomic E-state index is 9.11. The first-order valence-corrected chi connectivity index (χ1v) is 6.11. The molecule has 0 amide bonds. The predicted molar refractivity (Wildman–Crippen MR) is 70.7 cm³/mol. The average Bonchev–Trinajstić information content (AvgIpc) is 2.83. The fourth-order valence-corrected chi connectivity index (χ4v) is 2.67. The van der Waals surface area contributed by atoms with Crippen molar-refractivity contribution in [2.45, 2.75) is 33.1 Å². The minimum atomic E-state index is -0.0227. The molecule has 0 aliphatic heterocycles. The minimum Gasteiger partial charge on any atom is -0.226 e. The quantitative estimate of drug-likeness (QED) is 0.425. The number of hydrogen-bond acceptors (Lipinski definition) is 2. The van der Waals surface area contributed by atoms with E-state index in [0.29, 0.717) is 17.1 Å². The SMILES string of the molecule is [C-]#[N+]/C(C#N)=C(\C(C)=C(/C#N)[N+]#[C-])C1CCCC1C. The van der Waals surface area contributed by atoms with Gasteiger partial charge >= 0.3 is 0 Å². The van der Waals surface area contributed by atoms with Gasteiger partial charge in [0.2, 0.25) is 0 Å². The van der Waals surface area contributed by atoms with E-state index in [1.807, 2.05) is 12.1 Å². The van der Waals surface area contributed by atoms with Crippen LogP contribution in [0, 0.1) is 47.6 Å². The molecule has 0 spiro atoms. The third-order valence-electron chi connectivity index (χ3n) is 3.68. The minimum absolute atomic E-state index is 0.0210. The largest absolute Gasteiger partial charge is 0.264 e. The van der Waals surface area contributed by atoms with E-state index in [9.17, 15) is 0 Å². The first-order chi connectivity index (χ1) is 9.10. The number of rotatable bonds is 2. The van der Waals surface area contributed by atoms with Gasteiger partial charge in [-0.05, 0) is 36.3 Å². The molecule has 0 saturated heterocycles. The van der Waals surface area contributed by atoms with E-state index in [1.165, 1.54) is 0 Å². The number of allylic oxidation sites excluding steroid dienone is 4. The zero-order chi connectivity index (χ0) is 14.4. The molecule has 0 N–H and O–H groups in total. The van der Waals surface area contributed by atoms with Crippen LogP contribution in [0.15, 0.2) is 22.5 Å². The van der Waals surface area contributed by atoms with E-state index in [-0.39, 0.29) is 17.3 Å². The average molecular weight is 250 g/mol. The van der Waals surface area contributed by atoms with Gasteiger partial charge in [-0.1, -0.05) is 19.8 Å². The Morgan fingerprint density at radius 2 is 1.68 bits per heavy atom. The van der Waals surface area contributed by atoms with Crippen LogP contribution in [-0.4, -0.2) is 0 Å². The molecule has 0 radical (unpaired) electrons. The zero-order valence-electron chi connectivity index (χ0n) is 11.1. The molecule has 19 heavy (non-hydrogen) atoms. The summed E-state index contributed by atoms with van der Waals surface area (Å²) in [6, 6.07) is 3.76. The van der Waals surface area contributed by atoms with Crippen molar-refractivity contribution in [3.8, 4) is 12.1 Å². The second kappa shape index (κ2) is 6.39. The molecule has 1 aliphatic rings. The van der Waals surface area contributed by atoms with Gasteiger partial charge in [-0.25, -0.2) is 20.2 Å². The van der Waals surface area contributed by atoms with Crippen LogP contribution in [0.25, 0.3) is 9.69 Å². The molecule has 4 nitrogen and oxygen atoms in total. The molecule has 0 aromatic heterocycles. The van der Waals surface area contributed by atoms with Crippen molar-refractivity contribution in [3.63, 3.8) is 0 Å². The summed E-state index contributed by atoms with van der Waals surface area (Å²) in [4.78, 5) is 6.48. The summed E-state index contributed by atoms with van der Waals surface area (Å²) in [5, 5.41) is 18.1. The van der Waals surface area contributed by atoms with Gasteiger partial charge in [0.25, 0.3) is 11.4 Å². The first-order valence-electron chi connectivity index (χ1n) is 6.11. The van der Waals surface area contributed by atoms with Crippen molar-refractivity contribution < 1.29 is 0 Å². The van der Waals surface area contributed by atoms with Gasteiger partial charge in [-0.2, -0.15) is 0 Å². The molecular weight excluding hydrogens is 236 g/mol. The lowest BCUT2D eigenvalue weighted by Crippen LogP contribution is -2.11. The summed E-state index contributed by atoms with van der Waals surface area (Å²) in [6.07, 6.45) is 3.02. The Bertz CT molecular complexity index is 564. The molecule has 1 fully saturated rings. The second-order valence-corrected chi connectivity index (χ2v) is 4.70. The molecule has 0 aromatic rings. The van der Waals surface area contributed by atoms with Gasteiger partial charge in [0.15, 0.2) is 0 Å². The van der Waals surface area contributed by atoms with Gasteiger partial charge < -0.3 is 0 Å². The van der Waals surface area contributed by atoms with E-state index >= 15 is 0 Å². The van der Waals surface area contributed by atoms with Crippen molar-refractivity contribution in [2.24, 2.45) is 11.8 Å². The Morgan fingerprint density at radius 3 is 2.05 bits per heavy atom. The van der Waals surface area contributed by atoms with Gasteiger partial charge in [-0.15, -0.1) is 0 Å². The Hall–Kier alpha value is -2.56. The van der Waals surface area contributed by atoms with Crippen LogP contribution >= 0.6 is 0 Å². The molecule has 1 saturated carbocycles. The number of nitriles is 2. The molecule has 2 atom stereocenters. The maximum Gasteiger partial charge on any atom is 0.264 e. The standard InChI is InChI=1S/C15H14N4/c1-10-6-5-7-12(10)15(14(9-17)19-4)11(2)13(8-16)18-3/h10,12H,5-7H2,1-2H3/b13-11+,15-14+. The van der Waals surface area contributed by atoms with Crippen LogP contribution in [0.3, 0.4) is 0 Å². The number of nitrogens with zero attached hydrogens (tertiary/aromatic N) is 4. The van der Waals surface area contributed by atoms with Crippen LogP contribution in [-0.2, 0) is 0 Å². The first kappa shape index (κ1) is 14.5. The highest BCUT2D eigenvalue weighted by Gasteiger charge is 2.30. The van der Waals surface area contributed by atoms with Gasteiger partial charge in [-0.3, -0.25) is 0 Å². The van der Waals surface area contributed by atoms with E-state index in [4.69, 9.17) is 23.7 Å². The van der Waals surface area contributed by atoms with Crippen LogP contribution in [0.4, 0.5) is 0 Å². The summed E-state index contributed by atoms with van der Waals surface area (Å²) in [6.45, 7) is 17.9. The summed E-state index contributed by atoms with van der Waals surface area (Å²) in [7, 11) is 0. The highest BCUT2D eigenvalue weighted by molar-refractivity contribution is 5.51.